The molecule has 170 valence electrons. The highest BCUT2D eigenvalue weighted by Gasteiger charge is 2.27. The molecule has 7 nitrogen and oxygen atoms in total. The second kappa shape index (κ2) is 9.85. The molecular formula is C23H24ClNO6S. The minimum Gasteiger partial charge on any atom is -0.424 e. The Morgan fingerprint density at radius 1 is 1.16 bits per heavy atom. The first kappa shape index (κ1) is 24.0. The van der Waals surface area contributed by atoms with Crippen molar-refractivity contribution < 1.29 is 22.4 Å². The van der Waals surface area contributed by atoms with Crippen LogP contribution in [-0.4, -0.2) is 20.4 Å². The predicted octanol–water partition coefficient (Wildman–Crippen LogP) is 4.51. The maximum Gasteiger partial charge on any atom is 0.336 e. The summed E-state index contributed by atoms with van der Waals surface area (Å²) in [7, 11) is -3.94. The van der Waals surface area contributed by atoms with Crippen LogP contribution in [0, 0.1) is 13.8 Å². The second-order valence-corrected chi connectivity index (χ2v) is 9.70. The number of rotatable bonds is 8. The van der Waals surface area contributed by atoms with E-state index in [1.54, 1.807) is 19.1 Å². The number of esters is 1. The number of hydrogen-bond acceptors (Lipinski definition) is 6. The number of nitrogens with one attached hydrogen (secondary N) is 1. The summed E-state index contributed by atoms with van der Waals surface area (Å²) in [5.41, 5.74) is 1.26. The van der Waals surface area contributed by atoms with Gasteiger partial charge in [-0.3, -0.25) is 0 Å². The highest BCUT2D eigenvalue weighted by atomic mass is 35.5. The van der Waals surface area contributed by atoms with E-state index in [9.17, 15) is 18.0 Å². The third kappa shape index (κ3) is 5.56. The van der Waals surface area contributed by atoms with Crippen molar-refractivity contribution in [2.75, 3.05) is 0 Å². The van der Waals surface area contributed by atoms with E-state index in [-0.39, 0.29) is 27.7 Å². The van der Waals surface area contributed by atoms with Gasteiger partial charge in [-0.05, 0) is 44.0 Å². The summed E-state index contributed by atoms with van der Waals surface area (Å²) in [6.07, 6.45) is 1.62. The van der Waals surface area contributed by atoms with Crippen molar-refractivity contribution in [1.82, 2.24) is 4.72 Å². The first-order chi connectivity index (χ1) is 15.1. The fraction of sp³-hybridized carbons (Fsp3) is 0.304. The average molecular weight is 478 g/mol. The summed E-state index contributed by atoms with van der Waals surface area (Å²) in [5.74, 6) is -0.820. The molecule has 0 bridgehead atoms. The second-order valence-electron chi connectivity index (χ2n) is 7.58. The Balaban J connectivity index is 1.88. The molecule has 0 amide bonds. The molecule has 0 saturated heterocycles. The van der Waals surface area contributed by atoms with E-state index in [1.165, 1.54) is 30.3 Å². The molecule has 1 aromatic heterocycles. The molecule has 0 spiro atoms. The van der Waals surface area contributed by atoms with E-state index >= 15 is 0 Å². The van der Waals surface area contributed by atoms with E-state index in [0.717, 1.165) is 12.0 Å². The smallest absolute Gasteiger partial charge is 0.336 e. The number of hydrogen-bond donors (Lipinski definition) is 1. The molecule has 32 heavy (non-hydrogen) atoms. The topological polar surface area (TPSA) is 103 Å². The van der Waals surface area contributed by atoms with Gasteiger partial charge in [0.15, 0.2) is 5.75 Å². The SMILES string of the molecule is CCCC[C@@H](NS(=O)(=O)c1ccc(C)cc1)C(=O)Oc1cc2oc(=O)cc(C)c2cc1Cl. The van der Waals surface area contributed by atoms with Gasteiger partial charge in [0.05, 0.1) is 9.92 Å². The lowest BCUT2D eigenvalue weighted by molar-refractivity contribution is -0.136. The van der Waals surface area contributed by atoms with Crippen LogP contribution in [0.2, 0.25) is 5.02 Å². The molecule has 0 aliphatic heterocycles. The lowest BCUT2D eigenvalue weighted by Crippen LogP contribution is -2.43. The van der Waals surface area contributed by atoms with Gasteiger partial charge in [-0.15, -0.1) is 0 Å². The number of ether oxygens (including phenoxy) is 1. The van der Waals surface area contributed by atoms with E-state index in [1.807, 2.05) is 13.8 Å². The molecule has 1 heterocycles. The average Bonchev–Trinajstić information content (AvgIpc) is 2.72. The minimum atomic E-state index is -3.94. The largest absolute Gasteiger partial charge is 0.424 e. The number of unbranched alkanes of at least 4 members (excludes halogenated alkanes) is 1. The van der Waals surface area contributed by atoms with E-state index in [4.69, 9.17) is 20.8 Å². The maximum absolute atomic E-state index is 12.9. The third-order valence-corrected chi connectivity index (χ3v) is 6.76. The summed E-state index contributed by atoms with van der Waals surface area (Å²) in [6, 6.07) is 9.43. The third-order valence-electron chi connectivity index (χ3n) is 4.97. The Morgan fingerprint density at radius 3 is 2.50 bits per heavy atom. The molecule has 3 rings (SSSR count). The van der Waals surface area contributed by atoms with Gasteiger partial charge in [0, 0.05) is 17.5 Å². The fourth-order valence-electron chi connectivity index (χ4n) is 3.18. The fourth-order valence-corrected chi connectivity index (χ4v) is 4.60. The van der Waals surface area contributed by atoms with Crippen molar-refractivity contribution in [2.24, 2.45) is 0 Å². The highest BCUT2D eigenvalue weighted by Crippen LogP contribution is 2.31. The minimum absolute atomic E-state index is 0.0195. The van der Waals surface area contributed by atoms with Crippen molar-refractivity contribution in [3.8, 4) is 5.75 Å². The molecule has 9 heteroatoms. The molecule has 1 N–H and O–H groups in total. The first-order valence-electron chi connectivity index (χ1n) is 10.2. The molecule has 2 aromatic carbocycles. The number of sulfonamides is 1. The van der Waals surface area contributed by atoms with Gasteiger partial charge >= 0.3 is 11.6 Å². The van der Waals surface area contributed by atoms with Crippen molar-refractivity contribution in [2.45, 2.75) is 51.0 Å². The van der Waals surface area contributed by atoms with Gasteiger partial charge in [-0.1, -0.05) is 49.1 Å². The Labute approximate surface area is 191 Å². The van der Waals surface area contributed by atoms with Crippen molar-refractivity contribution in [3.63, 3.8) is 0 Å². The van der Waals surface area contributed by atoms with Crippen molar-refractivity contribution >= 4 is 38.6 Å². The number of carbonyl (C=O) groups is 1. The van der Waals surface area contributed by atoms with Crippen LogP contribution < -0.4 is 15.1 Å². The number of aryl methyl sites for hydroxylation is 2. The summed E-state index contributed by atoms with van der Waals surface area (Å²) in [5, 5.41) is 0.746. The van der Waals surface area contributed by atoms with Gasteiger partial charge in [-0.25, -0.2) is 18.0 Å². The number of halogens is 1. The van der Waals surface area contributed by atoms with Crippen LogP contribution >= 0.6 is 11.6 Å². The summed E-state index contributed by atoms with van der Waals surface area (Å²) in [4.78, 5) is 24.6. The van der Waals surface area contributed by atoms with Crippen molar-refractivity contribution in [3.05, 3.63) is 69.0 Å². The number of benzene rings is 2. The number of carbonyl (C=O) groups excluding carboxylic acids is 1. The molecule has 0 unspecified atom stereocenters. The molecule has 1 atom stereocenters. The Kier molecular flexibility index (Phi) is 7.38. The Morgan fingerprint density at radius 2 is 1.84 bits per heavy atom. The van der Waals surface area contributed by atoms with Gasteiger partial charge in [-0.2, -0.15) is 4.72 Å². The van der Waals surface area contributed by atoms with Gasteiger partial charge in [0.25, 0.3) is 0 Å². The molecule has 0 saturated carbocycles. The lowest BCUT2D eigenvalue weighted by Gasteiger charge is -2.18. The zero-order chi connectivity index (χ0) is 23.5. The molecule has 3 aromatic rings. The number of fused-ring (bicyclic) bond motifs is 1. The van der Waals surface area contributed by atoms with E-state index in [2.05, 4.69) is 4.72 Å². The molecule has 0 aliphatic rings. The molecule has 0 radical (unpaired) electrons. The predicted molar refractivity (Wildman–Crippen MR) is 123 cm³/mol. The normalized spacial score (nSPS) is 12.6. The Hall–Kier alpha value is -2.68. The monoisotopic (exact) mass is 477 g/mol. The van der Waals surface area contributed by atoms with E-state index < -0.39 is 27.7 Å². The zero-order valence-corrected chi connectivity index (χ0v) is 19.5. The van der Waals surface area contributed by atoms with Gasteiger partial charge in [0.2, 0.25) is 10.0 Å². The summed E-state index contributed by atoms with van der Waals surface area (Å²) < 4.78 is 38.6. The van der Waals surface area contributed by atoms with Crippen LogP contribution in [0.3, 0.4) is 0 Å². The quantitative estimate of drug-likeness (QED) is 0.291. The highest BCUT2D eigenvalue weighted by molar-refractivity contribution is 7.89. The van der Waals surface area contributed by atoms with Crippen LogP contribution in [0.25, 0.3) is 11.0 Å². The maximum atomic E-state index is 12.9. The van der Waals surface area contributed by atoms with Gasteiger partial charge < -0.3 is 9.15 Å². The van der Waals surface area contributed by atoms with Crippen LogP contribution in [0.15, 0.2) is 56.6 Å². The van der Waals surface area contributed by atoms with Crippen LogP contribution in [0.4, 0.5) is 0 Å². The van der Waals surface area contributed by atoms with Crippen LogP contribution in [-0.2, 0) is 14.8 Å². The molecule has 0 fully saturated rings. The van der Waals surface area contributed by atoms with Crippen LogP contribution in [0.1, 0.15) is 37.3 Å². The molecular weight excluding hydrogens is 454 g/mol. The zero-order valence-electron chi connectivity index (χ0n) is 18.0. The summed E-state index contributed by atoms with van der Waals surface area (Å²) in [6.45, 7) is 5.52. The summed E-state index contributed by atoms with van der Waals surface area (Å²) >= 11 is 6.28. The van der Waals surface area contributed by atoms with E-state index in [0.29, 0.717) is 17.4 Å². The molecule has 0 aliphatic carbocycles. The van der Waals surface area contributed by atoms with Gasteiger partial charge in [0.1, 0.15) is 11.6 Å². The first-order valence-corrected chi connectivity index (χ1v) is 12.0. The van der Waals surface area contributed by atoms with Crippen molar-refractivity contribution in [1.29, 1.82) is 0 Å². The standard InChI is InChI=1S/C23H24ClNO6S/c1-4-5-6-19(25-32(28,29)16-9-7-14(2)8-10-16)23(27)31-21-13-20-17(12-18(21)24)15(3)11-22(26)30-20/h7-13,19,25H,4-6H2,1-3H3/t19-/m1/s1. The lowest BCUT2D eigenvalue weighted by atomic mass is 10.1. The van der Waals surface area contributed by atoms with Crippen LogP contribution in [0.5, 0.6) is 5.75 Å². The Bertz CT molecular complexity index is 1300.